The Morgan fingerprint density at radius 2 is 1.88 bits per heavy atom. The highest BCUT2D eigenvalue weighted by Crippen LogP contribution is 2.50. The summed E-state index contributed by atoms with van der Waals surface area (Å²) in [6.07, 6.45) is 2.41. The number of halogens is 3. The lowest BCUT2D eigenvalue weighted by Crippen LogP contribution is -2.60. The number of fused-ring (bicyclic) bond motifs is 3. The lowest BCUT2D eigenvalue weighted by atomic mass is 9.63. The minimum Gasteiger partial charge on any atom is -0.488 e. The predicted octanol–water partition coefficient (Wildman–Crippen LogP) is 4.98. The molecule has 0 aliphatic carbocycles. The van der Waals surface area contributed by atoms with Crippen LogP contribution < -0.4 is 4.74 Å². The fourth-order valence-electron chi connectivity index (χ4n) is 4.77. The standard InChI is InChI=1S/C21H22ClF2NO/c1-2-25-11-3-10-21(12-14-4-6-15(22)7-5-14)18(25)13-26-20-17(24)9-8-16(23)19(20)21/h4-9,18H,2-3,10-13H2,1H3/t18-,21+/m0/s1. The second-order valence-corrected chi connectivity index (χ2v) is 7.69. The van der Waals surface area contributed by atoms with Crippen molar-refractivity contribution >= 4 is 11.6 Å². The highest BCUT2D eigenvalue weighted by Gasteiger charge is 2.51. The summed E-state index contributed by atoms with van der Waals surface area (Å²) < 4.78 is 35.1. The number of likely N-dealkylation sites (N-methyl/N-ethyl adjacent to an activating group) is 1. The van der Waals surface area contributed by atoms with Gasteiger partial charge in [0, 0.05) is 16.0 Å². The average Bonchev–Trinajstić information content (AvgIpc) is 2.65. The molecular formula is C21H22ClF2NO. The van der Waals surface area contributed by atoms with Crippen molar-refractivity contribution < 1.29 is 13.5 Å². The van der Waals surface area contributed by atoms with E-state index >= 15 is 0 Å². The van der Waals surface area contributed by atoms with Gasteiger partial charge in [0.25, 0.3) is 0 Å². The summed E-state index contributed by atoms with van der Waals surface area (Å²) in [6.45, 7) is 4.31. The van der Waals surface area contributed by atoms with Crippen molar-refractivity contribution in [2.24, 2.45) is 0 Å². The second-order valence-electron chi connectivity index (χ2n) is 7.25. The van der Waals surface area contributed by atoms with E-state index in [1.54, 1.807) is 0 Å². The second kappa shape index (κ2) is 6.82. The van der Waals surface area contributed by atoms with E-state index in [1.165, 1.54) is 6.07 Å². The quantitative estimate of drug-likeness (QED) is 0.748. The number of hydrogen-bond donors (Lipinski definition) is 0. The molecule has 0 bridgehead atoms. The Morgan fingerprint density at radius 1 is 1.15 bits per heavy atom. The molecule has 2 atom stereocenters. The minimum atomic E-state index is -0.498. The lowest BCUT2D eigenvalue weighted by Gasteiger charge is -2.53. The summed E-state index contributed by atoms with van der Waals surface area (Å²) in [7, 11) is 0. The molecule has 2 aliphatic heterocycles. The summed E-state index contributed by atoms with van der Waals surface area (Å²) in [5.74, 6) is -0.768. The maximum atomic E-state index is 15.0. The van der Waals surface area contributed by atoms with E-state index in [0.717, 1.165) is 37.6 Å². The molecule has 2 aliphatic rings. The van der Waals surface area contributed by atoms with Gasteiger partial charge in [0.1, 0.15) is 12.4 Å². The van der Waals surface area contributed by atoms with Gasteiger partial charge in [0.15, 0.2) is 11.6 Å². The first-order valence-electron chi connectivity index (χ1n) is 9.15. The number of hydrogen-bond acceptors (Lipinski definition) is 2. The van der Waals surface area contributed by atoms with Crippen molar-refractivity contribution in [2.45, 2.75) is 37.6 Å². The Hall–Kier alpha value is -1.65. The molecule has 2 nitrogen and oxygen atoms in total. The Labute approximate surface area is 157 Å². The van der Waals surface area contributed by atoms with Crippen LogP contribution in [-0.4, -0.2) is 30.6 Å². The Kier molecular flexibility index (Phi) is 4.66. The highest BCUT2D eigenvalue weighted by molar-refractivity contribution is 6.30. The molecule has 26 heavy (non-hydrogen) atoms. The molecule has 2 heterocycles. The third kappa shape index (κ3) is 2.80. The van der Waals surface area contributed by atoms with E-state index in [4.69, 9.17) is 16.3 Å². The zero-order valence-corrected chi connectivity index (χ0v) is 15.5. The van der Waals surface area contributed by atoms with Crippen LogP contribution in [-0.2, 0) is 11.8 Å². The van der Waals surface area contributed by atoms with Gasteiger partial charge < -0.3 is 4.74 Å². The number of likely N-dealkylation sites (tertiary alicyclic amines) is 1. The zero-order chi connectivity index (χ0) is 18.3. The molecule has 1 saturated heterocycles. The third-order valence-electron chi connectivity index (χ3n) is 5.93. The van der Waals surface area contributed by atoms with Gasteiger partial charge in [-0.2, -0.15) is 0 Å². The van der Waals surface area contributed by atoms with E-state index in [0.29, 0.717) is 23.6 Å². The van der Waals surface area contributed by atoms with E-state index < -0.39 is 11.2 Å². The van der Waals surface area contributed by atoms with Crippen molar-refractivity contribution in [3.05, 3.63) is 64.2 Å². The van der Waals surface area contributed by atoms with Crippen LogP contribution in [0.4, 0.5) is 8.78 Å². The van der Waals surface area contributed by atoms with Crippen molar-refractivity contribution in [3.8, 4) is 5.75 Å². The largest absolute Gasteiger partial charge is 0.488 e. The molecule has 0 N–H and O–H groups in total. The van der Waals surface area contributed by atoms with Gasteiger partial charge in [-0.25, -0.2) is 8.78 Å². The average molecular weight is 378 g/mol. The van der Waals surface area contributed by atoms with Crippen LogP contribution in [0.15, 0.2) is 36.4 Å². The van der Waals surface area contributed by atoms with Crippen LogP contribution in [0.25, 0.3) is 0 Å². The van der Waals surface area contributed by atoms with Crippen LogP contribution in [0.2, 0.25) is 5.02 Å². The first kappa shape index (κ1) is 17.7. The van der Waals surface area contributed by atoms with E-state index in [2.05, 4.69) is 11.8 Å². The van der Waals surface area contributed by atoms with Crippen molar-refractivity contribution in [1.29, 1.82) is 0 Å². The SMILES string of the molecule is CCN1CCC[C@]2(Cc3ccc(Cl)cc3)c3c(F)ccc(F)c3OC[C@H]12. The molecule has 0 radical (unpaired) electrons. The molecule has 0 spiro atoms. The van der Waals surface area contributed by atoms with Crippen molar-refractivity contribution in [1.82, 2.24) is 4.90 Å². The smallest absolute Gasteiger partial charge is 0.165 e. The summed E-state index contributed by atoms with van der Waals surface area (Å²) >= 11 is 6.02. The van der Waals surface area contributed by atoms with Gasteiger partial charge in [-0.1, -0.05) is 30.7 Å². The Morgan fingerprint density at radius 3 is 2.62 bits per heavy atom. The summed E-state index contributed by atoms with van der Waals surface area (Å²) in [5.41, 5.74) is 0.984. The van der Waals surface area contributed by atoms with E-state index in [1.807, 2.05) is 24.3 Å². The van der Waals surface area contributed by atoms with Crippen molar-refractivity contribution in [2.75, 3.05) is 19.7 Å². The van der Waals surface area contributed by atoms with Crippen LogP contribution in [0.1, 0.15) is 30.9 Å². The fourth-order valence-corrected chi connectivity index (χ4v) is 4.89. The Bertz CT molecular complexity index is 810. The highest BCUT2D eigenvalue weighted by atomic mass is 35.5. The van der Waals surface area contributed by atoms with Crippen LogP contribution in [0, 0.1) is 11.6 Å². The molecule has 0 saturated carbocycles. The van der Waals surface area contributed by atoms with Crippen LogP contribution in [0.5, 0.6) is 5.75 Å². The first-order valence-corrected chi connectivity index (χ1v) is 9.53. The maximum absolute atomic E-state index is 15.0. The zero-order valence-electron chi connectivity index (χ0n) is 14.8. The molecule has 0 unspecified atom stereocenters. The van der Waals surface area contributed by atoms with Gasteiger partial charge in [-0.05, 0) is 62.2 Å². The fraction of sp³-hybridized carbons (Fsp3) is 0.429. The number of nitrogens with zero attached hydrogens (tertiary/aromatic N) is 1. The number of ether oxygens (including phenoxy) is 1. The predicted molar refractivity (Wildman–Crippen MR) is 99.0 cm³/mol. The molecule has 2 aromatic carbocycles. The molecule has 4 rings (SSSR count). The normalized spacial score (nSPS) is 25.3. The van der Waals surface area contributed by atoms with Gasteiger partial charge in [0.2, 0.25) is 0 Å². The summed E-state index contributed by atoms with van der Waals surface area (Å²) in [4.78, 5) is 2.34. The molecule has 1 fully saturated rings. The van der Waals surface area contributed by atoms with Gasteiger partial charge >= 0.3 is 0 Å². The molecule has 0 aromatic heterocycles. The molecule has 2 aromatic rings. The van der Waals surface area contributed by atoms with Crippen molar-refractivity contribution in [3.63, 3.8) is 0 Å². The topological polar surface area (TPSA) is 12.5 Å². The third-order valence-corrected chi connectivity index (χ3v) is 6.18. The summed E-state index contributed by atoms with van der Waals surface area (Å²) in [5, 5.41) is 0.672. The summed E-state index contributed by atoms with van der Waals surface area (Å²) in [6, 6.07) is 10.1. The number of benzene rings is 2. The lowest BCUT2D eigenvalue weighted by molar-refractivity contribution is 0.0127. The monoisotopic (exact) mass is 377 g/mol. The van der Waals surface area contributed by atoms with Gasteiger partial charge in [-0.15, -0.1) is 0 Å². The van der Waals surface area contributed by atoms with Gasteiger partial charge in [0.05, 0.1) is 6.04 Å². The van der Waals surface area contributed by atoms with Crippen LogP contribution >= 0.6 is 11.6 Å². The molecule has 0 amide bonds. The Balaban J connectivity index is 1.88. The molecule has 138 valence electrons. The van der Waals surface area contributed by atoms with E-state index in [-0.39, 0.29) is 17.6 Å². The first-order chi connectivity index (χ1) is 12.5. The maximum Gasteiger partial charge on any atom is 0.165 e. The van der Waals surface area contributed by atoms with Gasteiger partial charge in [-0.3, -0.25) is 4.90 Å². The number of rotatable bonds is 3. The van der Waals surface area contributed by atoms with Crippen LogP contribution in [0.3, 0.4) is 0 Å². The van der Waals surface area contributed by atoms with E-state index in [9.17, 15) is 8.78 Å². The number of piperidine rings is 1. The molecular weight excluding hydrogens is 356 g/mol. The molecule has 5 heteroatoms. The minimum absolute atomic E-state index is 0.0285.